The Balaban J connectivity index is 1.82. The van der Waals surface area contributed by atoms with Gasteiger partial charge in [0.25, 0.3) is 0 Å². The zero-order valence-electron chi connectivity index (χ0n) is 16.4. The normalized spacial score (nSPS) is 12.1. The molecule has 0 amide bonds. The van der Waals surface area contributed by atoms with Crippen molar-refractivity contribution < 1.29 is 12.8 Å². The van der Waals surface area contributed by atoms with E-state index in [0.717, 1.165) is 10.9 Å². The molecule has 0 radical (unpaired) electrons. The highest BCUT2D eigenvalue weighted by atomic mass is 32.2. The van der Waals surface area contributed by atoms with E-state index < -0.39 is 9.84 Å². The standard InChI is InChI=1S/C24H18FN3O2S/c25-23-7-3-1-5-17(23)15-28-16-18(22-6-2-4-8-24(22)28)13-21(14-26)31(29,30)20-11-9-19(27)10-12-20/h1-13,16H,15,27H2/b21-13+. The number of nitrogen functional groups attached to an aromatic ring is 1. The van der Waals surface area contributed by atoms with Crippen molar-refractivity contribution in [2.75, 3.05) is 5.73 Å². The number of hydrogen-bond donors (Lipinski definition) is 1. The summed E-state index contributed by atoms with van der Waals surface area (Å²) >= 11 is 0. The van der Waals surface area contributed by atoms with Crippen LogP contribution in [0.15, 0.2) is 88.8 Å². The Bertz CT molecular complexity index is 1450. The van der Waals surface area contributed by atoms with Crippen molar-refractivity contribution in [1.82, 2.24) is 4.57 Å². The van der Waals surface area contributed by atoms with Crippen LogP contribution in [0.1, 0.15) is 11.1 Å². The van der Waals surface area contributed by atoms with Gasteiger partial charge in [-0.05, 0) is 42.5 Å². The van der Waals surface area contributed by atoms with Gasteiger partial charge in [0, 0.05) is 33.9 Å². The van der Waals surface area contributed by atoms with Crippen molar-refractivity contribution in [3.05, 3.63) is 101 Å². The first-order chi connectivity index (χ1) is 14.9. The van der Waals surface area contributed by atoms with E-state index in [9.17, 15) is 18.1 Å². The molecule has 1 heterocycles. The van der Waals surface area contributed by atoms with Crippen LogP contribution >= 0.6 is 0 Å². The van der Waals surface area contributed by atoms with Crippen LogP contribution in [0.25, 0.3) is 17.0 Å². The van der Waals surface area contributed by atoms with Crippen molar-refractivity contribution in [2.24, 2.45) is 0 Å². The second-order valence-electron chi connectivity index (χ2n) is 7.01. The van der Waals surface area contributed by atoms with Crippen LogP contribution in [0.3, 0.4) is 0 Å². The van der Waals surface area contributed by atoms with E-state index in [-0.39, 0.29) is 22.2 Å². The van der Waals surface area contributed by atoms with Crippen LogP contribution in [0, 0.1) is 17.1 Å². The van der Waals surface area contributed by atoms with Gasteiger partial charge in [-0.2, -0.15) is 5.26 Å². The lowest BCUT2D eigenvalue weighted by molar-refractivity contribution is 0.602. The Hall–Kier alpha value is -3.89. The van der Waals surface area contributed by atoms with Gasteiger partial charge in [-0.25, -0.2) is 12.8 Å². The highest BCUT2D eigenvalue weighted by Gasteiger charge is 2.21. The molecule has 4 rings (SSSR count). The number of hydrogen-bond acceptors (Lipinski definition) is 4. The summed E-state index contributed by atoms with van der Waals surface area (Å²) in [5, 5.41) is 10.4. The number of halogens is 1. The molecule has 0 aliphatic rings. The molecule has 0 saturated heterocycles. The van der Waals surface area contributed by atoms with E-state index in [2.05, 4.69) is 0 Å². The van der Waals surface area contributed by atoms with Crippen molar-refractivity contribution in [1.29, 1.82) is 5.26 Å². The molecule has 1 aromatic heterocycles. The van der Waals surface area contributed by atoms with Crippen LogP contribution in [0.4, 0.5) is 10.1 Å². The van der Waals surface area contributed by atoms with Gasteiger partial charge in [-0.1, -0.05) is 36.4 Å². The molecule has 154 valence electrons. The zero-order valence-corrected chi connectivity index (χ0v) is 17.2. The molecule has 0 unspecified atom stereocenters. The fraction of sp³-hybridized carbons (Fsp3) is 0.0417. The number of sulfone groups is 1. The molecule has 0 aliphatic carbocycles. The molecule has 2 N–H and O–H groups in total. The minimum absolute atomic E-state index is 0.00963. The summed E-state index contributed by atoms with van der Waals surface area (Å²) in [6.45, 7) is 0.271. The number of anilines is 1. The van der Waals surface area contributed by atoms with E-state index in [1.165, 1.54) is 36.4 Å². The minimum atomic E-state index is -4.02. The maximum Gasteiger partial charge on any atom is 0.216 e. The molecule has 0 fully saturated rings. The quantitative estimate of drug-likeness (QED) is 0.365. The first kappa shape index (κ1) is 20.4. The number of rotatable bonds is 5. The number of para-hydroxylation sites is 1. The van der Waals surface area contributed by atoms with Crippen LogP contribution in [-0.4, -0.2) is 13.0 Å². The monoisotopic (exact) mass is 431 g/mol. The summed E-state index contributed by atoms with van der Waals surface area (Å²) in [7, 11) is -4.02. The van der Waals surface area contributed by atoms with Crippen molar-refractivity contribution in [3.8, 4) is 6.07 Å². The number of allylic oxidation sites excluding steroid dienone is 1. The predicted molar refractivity (Wildman–Crippen MR) is 119 cm³/mol. The van der Waals surface area contributed by atoms with E-state index in [0.29, 0.717) is 16.8 Å². The number of nitrogens with zero attached hydrogens (tertiary/aromatic N) is 2. The van der Waals surface area contributed by atoms with Gasteiger partial charge in [-0.15, -0.1) is 0 Å². The molecule has 0 aliphatic heterocycles. The summed E-state index contributed by atoms with van der Waals surface area (Å²) in [6, 6.07) is 21.4. The van der Waals surface area contributed by atoms with Crippen LogP contribution in [0.5, 0.6) is 0 Å². The van der Waals surface area contributed by atoms with Gasteiger partial charge in [0.15, 0.2) is 0 Å². The van der Waals surface area contributed by atoms with Crippen LogP contribution < -0.4 is 5.73 Å². The average molecular weight is 431 g/mol. The van der Waals surface area contributed by atoms with Crippen molar-refractivity contribution in [3.63, 3.8) is 0 Å². The molecular weight excluding hydrogens is 413 g/mol. The van der Waals surface area contributed by atoms with E-state index >= 15 is 0 Å². The topological polar surface area (TPSA) is 88.9 Å². The lowest BCUT2D eigenvalue weighted by atomic mass is 10.1. The Morgan fingerprint density at radius 3 is 2.42 bits per heavy atom. The second-order valence-corrected chi connectivity index (χ2v) is 8.93. The predicted octanol–water partition coefficient (Wildman–Crippen LogP) is 4.75. The molecular formula is C24H18FN3O2S. The zero-order chi connectivity index (χ0) is 22.0. The van der Waals surface area contributed by atoms with Crippen LogP contribution in [-0.2, 0) is 16.4 Å². The minimum Gasteiger partial charge on any atom is -0.399 e. The molecule has 0 saturated carbocycles. The lowest BCUT2D eigenvalue weighted by Gasteiger charge is -2.06. The van der Waals surface area contributed by atoms with Gasteiger partial charge < -0.3 is 10.3 Å². The SMILES string of the molecule is N#C/C(=C\c1cn(Cc2ccccc2F)c2ccccc12)S(=O)(=O)c1ccc(N)cc1. The maximum atomic E-state index is 14.2. The third-order valence-corrected chi connectivity index (χ3v) is 6.68. The molecule has 7 heteroatoms. The maximum absolute atomic E-state index is 14.2. The van der Waals surface area contributed by atoms with Gasteiger partial charge >= 0.3 is 0 Å². The summed E-state index contributed by atoms with van der Waals surface area (Å²) in [5.74, 6) is -0.319. The highest BCUT2D eigenvalue weighted by Crippen LogP contribution is 2.28. The molecule has 4 aromatic rings. The largest absolute Gasteiger partial charge is 0.399 e. The molecule has 3 aromatic carbocycles. The smallest absolute Gasteiger partial charge is 0.216 e. The second kappa shape index (κ2) is 8.09. The summed E-state index contributed by atoms with van der Waals surface area (Å²) in [6.07, 6.45) is 3.08. The summed E-state index contributed by atoms with van der Waals surface area (Å²) in [4.78, 5) is -0.393. The Morgan fingerprint density at radius 2 is 1.71 bits per heavy atom. The molecule has 5 nitrogen and oxygen atoms in total. The van der Waals surface area contributed by atoms with E-state index in [1.54, 1.807) is 24.4 Å². The number of nitriles is 1. The first-order valence-electron chi connectivity index (χ1n) is 9.44. The van der Waals surface area contributed by atoms with Crippen molar-refractivity contribution >= 4 is 32.5 Å². The van der Waals surface area contributed by atoms with E-state index in [1.807, 2.05) is 34.9 Å². The first-order valence-corrected chi connectivity index (χ1v) is 10.9. The number of aromatic nitrogens is 1. The molecule has 0 atom stereocenters. The Morgan fingerprint density at radius 1 is 1.03 bits per heavy atom. The Kier molecular flexibility index (Phi) is 5.32. The third kappa shape index (κ3) is 3.93. The van der Waals surface area contributed by atoms with Gasteiger partial charge in [0.05, 0.1) is 11.4 Å². The summed E-state index contributed by atoms with van der Waals surface area (Å²) in [5.41, 5.74) is 7.94. The highest BCUT2D eigenvalue weighted by molar-refractivity contribution is 7.95. The number of nitrogens with two attached hydrogens (primary N) is 1. The average Bonchev–Trinajstić information content (AvgIpc) is 3.11. The van der Waals surface area contributed by atoms with Gasteiger partial charge in [0.1, 0.15) is 16.8 Å². The number of fused-ring (bicyclic) bond motifs is 1. The fourth-order valence-corrected chi connectivity index (χ4v) is 4.57. The van der Waals surface area contributed by atoms with Gasteiger partial charge in [0.2, 0.25) is 9.84 Å². The van der Waals surface area contributed by atoms with Crippen LogP contribution in [0.2, 0.25) is 0 Å². The third-order valence-electron chi connectivity index (χ3n) is 4.99. The van der Waals surface area contributed by atoms with Gasteiger partial charge in [-0.3, -0.25) is 0 Å². The molecule has 31 heavy (non-hydrogen) atoms. The molecule has 0 bridgehead atoms. The molecule has 0 spiro atoms. The Labute approximate surface area is 179 Å². The fourth-order valence-electron chi connectivity index (χ4n) is 3.42. The van der Waals surface area contributed by atoms with E-state index in [4.69, 9.17) is 5.73 Å². The number of benzene rings is 3. The lowest BCUT2D eigenvalue weighted by Crippen LogP contribution is -2.03. The summed E-state index contributed by atoms with van der Waals surface area (Å²) < 4.78 is 41.9. The van der Waals surface area contributed by atoms with Crippen molar-refractivity contribution in [2.45, 2.75) is 11.4 Å².